The summed E-state index contributed by atoms with van der Waals surface area (Å²) in [4.78, 5) is 15.0. The van der Waals surface area contributed by atoms with E-state index >= 15 is 0 Å². The van der Waals surface area contributed by atoms with Crippen molar-refractivity contribution in [1.82, 2.24) is 4.90 Å². The van der Waals surface area contributed by atoms with Gasteiger partial charge in [0.15, 0.2) is 0 Å². The molecule has 2 aliphatic rings. The summed E-state index contributed by atoms with van der Waals surface area (Å²) in [6.45, 7) is 5.03. The largest absolute Gasteiger partial charge is 0.494 e. The van der Waals surface area contributed by atoms with Crippen molar-refractivity contribution in [1.29, 1.82) is 0 Å². The zero-order valence-electron chi connectivity index (χ0n) is 15.9. The Labute approximate surface area is 157 Å². The van der Waals surface area contributed by atoms with Crippen LogP contribution in [0, 0.1) is 0 Å². The molecule has 144 valence electrons. The van der Waals surface area contributed by atoms with E-state index in [0.717, 1.165) is 44.5 Å². The molecule has 1 amide bonds. The molecule has 1 aromatic rings. The van der Waals surface area contributed by atoms with E-state index in [1.54, 1.807) is 0 Å². The molecule has 5 nitrogen and oxygen atoms in total. The Hall–Kier alpha value is -1.75. The number of nitrogens with zero attached hydrogens (tertiary/aromatic N) is 1. The third kappa shape index (κ3) is 5.37. The van der Waals surface area contributed by atoms with Crippen LogP contribution in [0.5, 0.6) is 5.75 Å². The van der Waals surface area contributed by atoms with E-state index in [1.807, 2.05) is 24.3 Å². The number of likely N-dealkylation sites (tertiary alicyclic amines) is 1. The van der Waals surface area contributed by atoms with Gasteiger partial charge in [0.1, 0.15) is 11.9 Å². The van der Waals surface area contributed by atoms with Crippen LogP contribution in [0.4, 0.5) is 10.5 Å². The highest BCUT2D eigenvalue weighted by atomic mass is 16.6. The van der Waals surface area contributed by atoms with Crippen LogP contribution in [0.25, 0.3) is 0 Å². The van der Waals surface area contributed by atoms with E-state index in [0.29, 0.717) is 18.3 Å². The fourth-order valence-electron chi connectivity index (χ4n) is 4.05. The molecule has 0 aromatic heterocycles. The molecular weight excluding hydrogens is 328 g/mol. The molecule has 5 heteroatoms. The van der Waals surface area contributed by atoms with Crippen molar-refractivity contribution in [2.45, 2.75) is 70.4 Å². The van der Waals surface area contributed by atoms with Crippen LogP contribution < -0.4 is 10.1 Å². The smallest absolute Gasteiger partial charge is 0.411 e. The van der Waals surface area contributed by atoms with Crippen molar-refractivity contribution < 1.29 is 14.3 Å². The lowest BCUT2D eigenvalue weighted by molar-refractivity contribution is 0.00174. The third-order valence-corrected chi connectivity index (χ3v) is 5.34. The standard InChI is InChI=1S/C21H32N2O3/c1-2-15-25-18-10-8-9-17(16-18)22-21(24)26-20-12-5-4-11-19(20)23-13-6-3-7-14-23/h8-10,16,19-20H,2-7,11-15H2,1H3,(H,22,24)/t19-,20-/m0/s1. The van der Waals surface area contributed by atoms with Crippen LogP contribution in [-0.2, 0) is 4.74 Å². The molecule has 2 fully saturated rings. The molecule has 0 bridgehead atoms. The van der Waals surface area contributed by atoms with Crippen LogP contribution in [0.2, 0.25) is 0 Å². The Bertz CT molecular complexity index is 572. The van der Waals surface area contributed by atoms with Crippen molar-refractivity contribution >= 4 is 11.8 Å². The summed E-state index contributed by atoms with van der Waals surface area (Å²) in [6, 6.07) is 7.88. The number of ether oxygens (including phenoxy) is 2. The highest BCUT2D eigenvalue weighted by Gasteiger charge is 2.33. The Morgan fingerprint density at radius 3 is 2.77 bits per heavy atom. The second-order valence-electron chi connectivity index (χ2n) is 7.39. The molecule has 1 heterocycles. The van der Waals surface area contributed by atoms with Gasteiger partial charge in [0.05, 0.1) is 6.61 Å². The van der Waals surface area contributed by atoms with Gasteiger partial charge < -0.3 is 9.47 Å². The fourth-order valence-corrected chi connectivity index (χ4v) is 4.05. The summed E-state index contributed by atoms with van der Waals surface area (Å²) >= 11 is 0. The average Bonchev–Trinajstić information content (AvgIpc) is 2.68. The van der Waals surface area contributed by atoms with Crippen molar-refractivity contribution in [2.24, 2.45) is 0 Å². The summed E-state index contributed by atoms with van der Waals surface area (Å²) in [5.41, 5.74) is 0.717. The molecule has 1 saturated heterocycles. The van der Waals surface area contributed by atoms with E-state index < -0.39 is 0 Å². The third-order valence-electron chi connectivity index (χ3n) is 5.34. The lowest BCUT2D eigenvalue weighted by Crippen LogP contribution is -2.49. The number of anilines is 1. The van der Waals surface area contributed by atoms with Crippen LogP contribution in [-0.4, -0.2) is 42.8 Å². The molecule has 1 aliphatic carbocycles. The minimum Gasteiger partial charge on any atom is -0.494 e. The lowest BCUT2D eigenvalue weighted by atomic mass is 9.90. The first-order chi connectivity index (χ1) is 12.8. The van der Waals surface area contributed by atoms with Gasteiger partial charge in [0.2, 0.25) is 0 Å². The zero-order chi connectivity index (χ0) is 18.2. The monoisotopic (exact) mass is 360 g/mol. The average molecular weight is 360 g/mol. The normalized spacial score (nSPS) is 24.0. The van der Waals surface area contributed by atoms with E-state index in [-0.39, 0.29) is 12.2 Å². The second kappa shape index (κ2) is 9.81. The molecule has 0 unspecified atom stereocenters. The van der Waals surface area contributed by atoms with Gasteiger partial charge in [0.25, 0.3) is 0 Å². The minimum absolute atomic E-state index is 0.00127. The van der Waals surface area contributed by atoms with Gasteiger partial charge in [-0.2, -0.15) is 0 Å². The summed E-state index contributed by atoms with van der Waals surface area (Å²) < 4.78 is 11.5. The van der Waals surface area contributed by atoms with Gasteiger partial charge in [-0.3, -0.25) is 10.2 Å². The first kappa shape index (κ1) is 19.0. The van der Waals surface area contributed by atoms with Gasteiger partial charge in [-0.25, -0.2) is 4.79 Å². The molecule has 0 spiro atoms. The molecule has 3 rings (SSSR count). The number of hydrogen-bond donors (Lipinski definition) is 1. The van der Waals surface area contributed by atoms with E-state index in [4.69, 9.17) is 9.47 Å². The number of hydrogen-bond acceptors (Lipinski definition) is 4. The lowest BCUT2D eigenvalue weighted by Gasteiger charge is -2.41. The van der Waals surface area contributed by atoms with Crippen LogP contribution >= 0.6 is 0 Å². The van der Waals surface area contributed by atoms with Crippen LogP contribution in [0.1, 0.15) is 58.3 Å². The number of piperidine rings is 1. The maximum atomic E-state index is 12.4. The molecule has 1 saturated carbocycles. The Balaban J connectivity index is 1.55. The second-order valence-corrected chi connectivity index (χ2v) is 7.39. The number of nitrogens with one attached hydrogen (secondary N) is 1. The number of amides is 1. The molecule has 0 radical (unpaired) electrons. The van der Waals surface area contributed by atoms with Crippen molar-refractivity contribution in [3.8, 4) is 5.75 Å². The predicted octanol–water partition coefficient (Wildman–Crippen LogP) is 4.82. The highest BCUT2D eigenvalue weighted by Crippen LogP contribution is 2.28. The Kier molecular flexibility index (Phi) is 7.18. The summed E-state index contributed by atoms with van der Waals surface area (Å²) in [6.07, 6.45) is 8.94. The quantitative estimate of drug-likeness (QED) is 0.790. The highest BCUT2D eigenvalue weighted by molar-refractivity contribution is 5.85. The van der Waals surface area contributed by atoms with Crippen LogP contribution in [0.15, 0.2) is 24.3 Å². The first-order valence-electron chi connectivity index (χ1n) is 10.2. The van der Waals surface area contributed by atoms with Gasteiger partial charge >= 0.3 is 6.09 Å². The minimum atomic E-state index is -0.355. The number of rotatable bonds is 6. The summed E-state index contributed by atoms with van der Waals surface area (Å²) in [7, 11) is 0. The number of benzene rings is 1. The molecule has 26 heavy (non-hydrogen) atoms. The maximum absolute atomic E-state index is 12.4. The van der Waals surface area contributed by atoms with Crippen molar-refractivity contribution in [3.05, 3.63) is 24.3 Å². The Morgan fingerprint density at radius 2 is 1.96 bits per heavy atom. The van der Waals surface area contributed by atoms with Crippen molar-refractivity contribution in [2.75, 3.05) is 25.0 Å². The van der Waals surface area contributed by atoms with Gasteiger partial charge in [-0.05, 0) is 63.7 Å². The van der Waals surface area contributed by atoms with Gasteiger partial charge in [-0.1, -0.05) is 25.8 Å². The van der Waals surface area contributed by atoms with E-state index in [1.165, 1.54) is 25.7 Å². The van der Waals surface area contributed by atoms with Gasteiger partial charge in [0, 0.05) is 17.8 Å². The number of carbonyl (C=O) groups excluding carboxylic acids is 1. The summed E-state index contributed by atoms with van der Waals surface area (Å²) in [5.74, 6) is 0.772. The molecule has 1 N–H and O–H groups in total. The summed E-state index contributed by atoms with van der Waals surface area (Å²) in [5, 5.41) is 2.87. The fraction of sp³-hybridized carbons (Fsp3) is 0.667. The zero-order valence-corrected chi connectivity index (χ0v) is 15.9. The van der Waals surface area contributed by atoms with E-state index in [2.05, 4.69) is 17.1 Å². The maximum Gasteiger partial charge on any atom is 0.411 e. The molecule has 2 atom stereocenters. The molecule has 1 aromatic carbocycles. The SMILES string of the molecule is CCCOc1cccc(NC(=O)O[C@H]2CCCC[C@@H]2N2CCCCC2)c1. The number of carbonyl (C=O) groups is 1. The Morgan fingerprint density at radius 1 is 1.15 bits per heavy atom. The van der Waals surface area contributed by atoms with Crippen molar-refractivity contribution in [3.63, 3.8) is 0 Å². The van der Waals surface area contributed by atoms with E-state index in [9.17, 15) is 4.79 Å². The van der Waals surface area contributed by atoms with Crippen LogP contribution in [0.3, 0.4) is 0 Å². The first-order valence-corrected chi connectivity index (χ1v) is 10.2. The molecule has 1 aliphatic heterocycles. The molecular formula is C21H32N2O3. The van der Waals surface area contributed by atoms with Gasteiger partial charge in [-0.15, -0.1) is 0 Å². The topological polar surface area (TPSA) is 50.8 Å². The predicted molar refractivity (Wildman–Crippen MR) is 104 cm³/mol.